The lowest BCUT2D eigenvalue weighted by atomic mass is 10.2. The average Bonchev–Trinajstić information content (AvgIpc) is 3.06. The first kappa shape index (κ1) is 19.0. The summed E-state index contributed by atoms with van der Waals surface area (Å²) in [6, 6.07) is 9.71. The molecule has 27 heavy (non-hydrogen) atoms. The predicted octanol–water partition coefficient (Wildman–Crippen LogP) is 3.94. The van der Waals surface area contributed by atoms with Crippen LogP contribution in [-0.4, -0.2) is 28.3 Å². The molecule has 0 atom stereocenters. The van der Waals surface area contributed by atoms with Crippen molar-refractivity contribution >= 4 is 44.5 Å². The number of hydrogen-bond donors (Lipinski definition) is 3. The molecule has 0 aliphatic carbocycles. The summed E-state index contributed by atoms with van der Waals surface area (Å²) in [6.07, 6.45) is -2.72. The van der Waals surface area contributed by atoms with Crippen LogP contribution in [0.4, 0.5) is 14.5 Å². The standard InChI is InChI=1S/C18H15BrF2N4O2/c1-9-6-11(3-4-12(9)19)23-15(26)8-22-18(27)10-2-5-13-14(7-10)25-17(24-13)16(20)21/h2-7,16H,8H2,1H3,(H,22,27)(H,23,26)(H,24,25). The second-order valence-electron chi connectivity index (χ2n) is 5.85. The van der Waals surface area contributed by atoms with Crippen molar-refractivity contribution < 1.29 is 18.4 Å². The molecule has 2 aromatic carbocycles. The largest absolute Gasteiger partial charge is 0.343 e. The average molecular weight is 437 g/mol. The monoisotopic (exact) mass is 436 g/mol. The van der Waals surface area contributed by atoms with Gasteiger partial charge in [-0.2, -0.15) is 0 Å². The fraction of sp³-hybridized carbons (Fsp3) is 0.167. The second kappa shape index (κ2) is 7.83. The molecule has 140 valence electrons. The van der Waals surface area contributed by atoms with Gasteiger partial charge in [-0.05, 0) is 48.9 Å². The van der Waals surface area contributed by atoms with Crippen LogP contribution in [0, 0.1) is 6.92 Å². The first-order chi connectivity index (χ1) is 12.8. The number of hydrogen-bond acceptors (Lipinski definition) is 3. The zero-order valence-electron chi connectivity index (χ0n) is 14.1. The Labute approximate surface area is 161 Å². The molecule has 0 aliphatic heterocycles. The summed E-state index contributed by atoms with van der Waals surface area (Å²) in [4.78, 5) is 30.4. The highest BCUT2D eigenvalue weighted by molar-refractivity contribution is 9.10. The van der Waals surface area contributed by atoms with Crippen molar-refractivity contribution in [2.24, 2.45) is 0 Å². The lowest BCUT2D eigenvalue weighted by Crippen LogP contribution is -2.32. The van der Waals surface area contributed by atoms with Gasteiger partial charge in [-0.1, -0.05) is 15.9 Å². The summed E-state index contributed by atoms with van der Waals surface area (Å²) in [7, 11) is 0. The van der Waals surface area contributed by atoms with Gasteiger partial charge in [0.2, 0.25) is 5.91 Å². The van der Waals surface area contributed by atoms with E-state index in [1.54, 1.807) is 12.1 Å². The number of anilines is 1. The number of carbonyl (C=O) groups excluding carboxylic acids is 2. The van der Waals surface area contributed by atoms with Crippen LogP contribution in [0.15, 0.2) is 40.9 Å². The second-order valence-corrected chi connectivity index (χ2v) is 6.70. The molecule has 9 heteroatoms. The maximum atomic E-state index is 12.7. The zero-order valence-corrected chi connectivity index (χ0v) is 15.7. The Morgan fingerprint density at radius 1 is 1.22 bits per heavy atom. The first-order valence-corrected chi connectivity index (χ1v) is 8.75. The molecule has 3 N–H and O–H groups in total. The molecule has 3 rings (SSSR count). The number of carbonyl (C=O) groups is 2. The number of alkyl halides is 2. The molecule has 6 nitrogen and oxygen atoms in total. The van der Waals surface area contributed by atoms with Crippen molar-refractivity contribution in [2.45, 2.75) is 13.3 Å². The van der Waals surface area contributed by atoms with E-state index in [1.165, 1.54) is 18.2 Å². The Morgan fingerprint density at radius 3 is 2.70 bits per heavy atom. The number of fused-ring (bicyclic) bond motifs is 1. The van der Waals surface area contributed by atoms with Crippen molar-refractivity contribution in [1.82, 2.24) is 15.3 Å². The number of nitrogens with zero attached hydrogens (tertiary/aromatic N) is 1. The van der Waals surface area contributed by atoms with E-state index in [0.29, 0.717) is 16.7 Å². The summed E-state index contributed by atoms with van der Waals surface area (Å²) in [5, 5.41) is 5.18. The molecule has 2 amide bonds. The fourth-order valence-corrected chi connectivity index (χ4v) is 2.71. The van der Waals surface area contributed by atoms with E-state index in [2.05, 4.69) is 36.5 Å². The summed E-state index contributed by atoms with van der Waals surface area (Å²) in [5.74, 6) is -1.33. The molecule has 0 unspecified atom stereocenters. The Bertz CT molecular complexity index is 1020. The van der Waals surface area contributed by atoms with Crippen LogP contribution in [0.25, 0.3) is 11.0 Å². The van der Waals surface area contributed by atoms with Crippen LogP contribution >= 0.6 is 15.9 Å². The molecule has 0 radical (unpaired) electrons. The molecule has 0 saturated carbocycles. The molecule has 0 spiro atoms. The highest BCUT2D eigenvalue weighted by Crippen LogP contribution is 2.21. The molecular formula is C18H15BrF2N4O2. The molecule has 1 heterocycles. The third kappa shape index (κ3) is 4.48. The quantitative estimate of drug-likeness (QED) is 0.565. The van der Waals surface area contributed by atoms with Gasteiger partial charge in [0, 0.05) is 15.7 Å². The van der Waals surface area contributed by atoms with Gasteiger partial charge in [-0.3, -0.25) is 9.59 Å². The third-order valence-corrected chi connectivity index (χ3v) is 4.71. The predicted molar refractivity (Wildman–Crippen MR) is 101 cm³/mol. The van der Waals surface area contributed by atoms with E-state index in [0.717, 1.165) is 10.0 Å². The Morgan fingerprint density at radius 2 is 2.00 bits per heavy atom. The van der Waals surface area contributed by atoms with Gasteiger partial charge in [-0.15, -0.1) is 0 Å². The molecule has 0 saturated heterocycles. The van der Waals surface area contributed by atoms with Crippen molar-refractivity contribution in [3.05, 3.63) is 57.8 Å². The lowest BCUT2D eigenvalue weighted by molar-refractivity contribution is -0.115. The van der Waals surface area contributed by atoms with E-state index in [1.807, 2.05) is 13.0 Å². The van der Waals surface area contributed by atoms with E-state index >= 15 is 0 Å². The van der Waals surface area contributed by atoms with Gasteiger partial charge in [0.15, 0.2) is 5.82 Å². The minimum Gasteiger partial charge on any atom is -0.343 e. The third-order valence-electron chi connectivity index (χ3n) is 3.82. The number of aromatic amines is 1. The molecular weight excluding hydrogens is 422 g/mol. The van der Waals surface area contributed by atoms with Crippen LogP contribution < -0.4 is 10.6 Å². The number of aryl methyl sites for hydroxylation is 1. The van der Waals surface area contributed by atoms with Crippen molar-refractivity contribution in [1.29, 1.82) is 0 Å². The Hall–Kier alpha value is -2.81. The van der Waals surface area contributed by atoms with E-state index in [4.69, 9.17) is 0 Å². The number of aromatic nitrogens is 2. The number of benzene rings is 2. The van der Waals surface area contributed by atoms with Crippen molar-refractivity contribution in [3.8, 4) is 0 Å². The number of imidazole rings is 1. The topological polar surface area (TPSA) is 86.9 Å². The van der Waals surface area contributed by atoms with Gasteiger partial charge in [0.05, 0.1) is 17.6 Å². The van der Waals surface area contributed by atoms with Gasteiger partial charge >= 0.3 is 0 Å². The maximum Gasteiger partial charge on any atom is 0.295 e. The molecule has 0 aliphatic rings. The lowest BCUT2D eigenvalue weighted by Gasteiger charge is -2.08. The summed E-state index contributed by atoms with van der Waals surface area (Å²) < 4.78 is 26.3. The van der Waals surface area contributed by atoms with Gasteiger partial charge in [0.1, 0.15) is 0 Å². The van der Waals surface area contributed by atoms with Crippen molar-refractivity contribution in [2.75, 3.05) is 11.9 Å². The summed E-state index contributed by atoms with van der Waals surface area (Å²) in [6.45, 7) is 1.67. The van der Waals surface area contributed by atoms with Crippen LogP contribution in [-0.2, 0) is 4.79 Å². The molecule has 0 fully saturated rings. The van der Waals surface area contributed by atoms with Crippen molar-refractivity contribution in [3.63, 3.8) is 0 Å². The first-order valence-electron chi connectivity index (χ1n) is 7.95. The Kier molecular flexibility index (Phi) is 5.50. The minimum absolute atomic E-state index is 0.225. The number of H-pyrrole nitrogens is 1. The number of rotatable bonds is 5. The minimum atomic E-state index is -2.72. The van der Waals surface area contributed by atoms with Gasteiger partial charge in [-0.25, -0.2) is 13.8 Å². The van der Waals surface area contributed by atoms with E-state index < -0.39 is 18.2 Å². The SMILES string of the molecule is Cc1cc(NC(=O)CNC(=O)c2ccc3nc(C(F)F)[nH]c3c2)ccc1Br. The number of halogens is 3. The zero-order chi connectivity index (χ0) is 19.6. The van der Waals surface area contributed by atoms with Crippen LogP contribution in [0.1, 0.15) is 28.2 Å². The highest BCUT2D eigenvalue weighted by atomic mass is 79.9. The maximum absolute atomic E-state index is 12.7. The van der Waals surface area contributed by atoms with Crippen LogP contribution in [0.3, 0.4) is 0 Å². The van der Waals surface area contributed by atoms with E-state index in [-0.39, 0.29) is 18.0 Å². The molecule has 3 aromatic rings. The Balaban J connectivity index is 1.62. The molecule has 1 aromatic heterocycles. The normalized spacial score (nSPS) is 11.0. The van der Waals surface area contributed by atoms with Crippen LogP contribution in [0.5, 0.6) is 0 Å². The summed E-state index contributed by atoms with van der Waals surface area (Å²) >= 11 is 3.38. The molecule has 0 bridgehead atoms. The van der Waals surface area contributed by atoms with Gasteiger partial charge in [0.25, 0.3) is 12.3 Å². The smallest absolute Gasteiger partial charge is 0.295 e. The number of amides is 2. The van der Waals surface area contributed by atoms with Crippen LogP contribution in [0.2, 0.25) is 0 Å². The highest BCUT2D eigenvalue weighted by Gasteiger charge is 2.14. The fourth-order valence-electron chi connectivity index (χ4n) is 2.46. The summed E-state index contributed by atoms with van der Waals surface area (Å²) in [5.41, 5.74) is 2.48. The van der Waals surface area contributed by atoms with E-state index in [9.17, 15) is 18.4 Å². The van der Waals surface area contributed by atoms with Gasteiger partial charge < -0.3 is 15.6 Å². The number of nitrogens with one attached hydrogen (secondary N) is 3.